The number of H-pyrrole nitrogens is 1. The zero-order valence-electron chi connectivity index (χ0n) is 23.4. The lowest BCUT2D eigenvalue weighted by Gasteiger charge is -2.40. The molecule has 0 bridgehead atoms. The highest BCUT2D eigenvalue weighted by molar-refractivity contribution is 5.87. The third kappa shape index (κ3) is 5.93. The Balaban J connectivity index is 1.29. The van der Waals surface area contributed by atoms with Gasteiger partial charge in [-0.25, -0.2) is 9.78 Å². The zero-order valence-corrected chi connectivity index (χ0v) is 23.4. The number of hydrogen-bond donors (Lipinski definition) is 2. The highest BCUT2D eigenvalue weighted by Crippen LogP contribution is 2.32. The number of carbonyl (C=O) groups excluding carboxylic acids is 1. The van der Waals surface area contributed by atoms with Gasteiger partial charge in [-0.1, -0.05) is 57.5 Å². The topological polar surface area (TPSA) is 99.2 Å². The number of aromatic nitrogens is 4. The lowest BCUT2D eigenvalue weighted by molar-refractivity contribution is -0.128. The minimum absolute atomic E-state index is 0.000830. The minimum Gasteiger partial charge on any atom is -0.348 e. The van der Waals surface area contributed by atoms with Crippen LogP contribution in [0.2, 0.25) is 0 Å². The summed E-state index contributed by atoms with van der Waals surface area (Å²) >= 11 is 0. The average molecular weight is 532 g/mol. The highest BCUT2D eigenvalue weighted by Gasteiger charge is 2.27. The fraction of sp³-hybridized carbons (Fsp3) is 0.533. The number of imidazole rings is 1. The summed E-state index contributed by atoms with van der Waals surface area (Å²) in [5, 5.41) is 3.44. The van der Waals surface area contributed by atoms with Crippen LogP contribution in [0.3, 0.4) is 0 Å². The van der Waals surface area contributed by atoms with Gasteiger partial charge in [0.25, 0.3) is 0 Å². The molecule has 1 aliphatic carbocycles. The number of carbonyl (C=O) groups is 1. The van der Waals surface area contributed by atoms with Crippen LogP contribution in [-0.2, 0) is 4.79 Å². The molecule has 1 aromatic carbocycles. The highest BCUT2D eigenvalue weighted by atomic mass is 16.2. The van der Waals surface area contributed by atoms with E-state index in [1.807, 2.05) is 9.47 Å². The molecule has 0 radical (unpaired) electrons. The SMILES string of the molecule is C=CC(=O)N1CCN(C(CC(C)C)c2ccc([C@H](C)Nc3ncc4[nH]c(=O)n(C5CCCC5)c4n3)cc2)CC1. The van der Waals surface area contributed by atoms with Gasteiger partial charge < -0.3 is 15.2 Å². The van der Waals surface area contributed by atoms with E-state index in [-0.39, 0.29) is 23.7 Å². The summed E-state index contributed by atoms with van der Waals surface area (Å²) in [5.74, 6) is 1.10. The molecule has 9 heteroatoms. The zero-order chi connectivity index (χ0) is 27.5. The van der Waals surface area contributed by atoms with Gasteiger partial charge in [0.15, 0.2) is 5.65 Å². The van der Waals surface area contributed by atoms with E-state index in [1.54, 1.807) is 6.20 Å². The molecule has 1 amide bonds. The second kappa shape index (κ2) is 11.7. The number of amides is 1. The van der Waals surface area contributed by atoms with Gasteiger partial charge in [0.05, 0.1) is 12.2 Å². The maximum Gasteiger partial charge on any atom is 0.327 e. The van der Waals surface area contributed by atoms with Gasteiger partial charge >= 0.3 is 5.69 Å². The predicted octanol–water partition coefficient (Wildman–Crippen LogP) is 4.83. The third-order valence-electron chi connectivity index (χ3n) is 8.25. The van der Waals surface area contributed by atoms with Crippen LogP contribution < -0.4 is 11.0 Å². The van der Waals surface area contributed by atoms with Crippen molar-refractivity contribution in [3.63, 3.8) is 0 Å². The molecule has 1 aliphatic heterocycles. The first kappa shape index (κ1) is 27.1. The van der Waals surface area contributed by atoms with E-state index < -0.39 is 0 Å². The van der Waals surface area contributed by atoms with Crippen molar-refractivity contribution in [2.45, 2.75) is 71.0 Å². The Kier molecular flexibility index (Phi) is 8.16. The van der Waals surface area contributed by atoms with Gasteiger partial charge in [0.1, 0.15) is 5.52 Å². The summed E-state index contributed by atoms with van der Waals surface area (Å²) < 4.78 is 1.82. The Labute approximate surface area is 230 Å². The molecule has 5 rings (SSSR count). The first-order chi connectivity index (χ1) is 18.8. The van der Waals surface area contributed by atoms with Crippen molar-refractivity contribution in [3.8, 4) is 0 Å². The van der Waals surface area contributed by atoms with Crippen molar-refractivity contribution in [1.29, 1.82) is 0 Å². The van der Waals surface area contributed by atoms with Crippen molar-refractivity contribution < 1.29 is 4.79 Å². The number of rotatable bonds is 9. The number of hydrogen-bond acceptors (Lipinski definition) is 6. The van der Waals surface area contributed by atoms with Crippen LogP contribution >= 0.6 is 0 Å². The van der Waals surface area contributed by atoms with Gasteiger partial charge in [0, 0.05) is 38.3 Å². The van der Waals surface area contributed by atoms with Crippen LogP contribution in [0.1, 0.15) is 82.1 Å². The van der Waals surface area contributed by atoms with E-state index >= 15 is 0 Å². The number of fused-ring (bicyclic) bond motifs is 1. The number of nitrogens with one attached hydrogen (secondary N) is 2. The Morgan fingerprint density at radius 3 is 2.41 bits per heavy atom. The van der Waals surface area contributed by atoms with E-state index in [2.05, 4.69) is 71.8 Å². The van der Waals surface area contributed by atoms with Crippen LogP contribution in [0.4, 0.5) is 5.95 Å². The number of anilines is 1. The second-order valence-electron chi connectivity index (χ2n) is 11.4. The first-order valence-corrected chi connectivity index (χ1v) is 14.3. The molecule has 3 heterocycles. The lowest BCUT2D eigenvalue weighted by Crippen LogP contribution is -2.49. The van der Waals surface area contributed by atoms with E-state index in [0.29, 0.717) is 29.1 Å². The van der Waals surface area contributed by atoms with E-state index in [9.17, 15) is 9.59 Å². The van der Waals surface area contributed by atoms with Crippen LogP contribution in [0.5, 0.6) is 0 Å². The Morgan fingerprint density at radius 1 is 1.10 bits per heavy atom. The van der Waals surface area contributed by atoms with Crippen molar-refractivity contribution in [3.05, 3.63) is 64.7 Å². The molecular formula is C30H41N7O2. The number of piperazine rings is 1. The van der Waals surface area contributed by atoms with Crippen LogP contribution in [0, 0.1) is 5.92 Å². The van der Waals surface area contributed by atoms with E-state index in [1.165, 1.54) is 11.6 Å². The summed E-state index contributed by atoms with van der Waals surface area (Å²) in [6.45, 7) is 13.4. The molecule has 39 heavy (non-hydrogen) atoms. The van der Waals surface area contributed by atoms with Crippen molar-refractivity contribution in [2.75, 3.05) is 31.5 Å². The Hall–Kier alpha value is -3.46. The van der Waals surface area contributed by atoms with E-state index in [0.717, 1.165) is 63.8 Å². The summed E-state index contributed by atoms with van der Waals surface area (Å²) in [4.78, 5) is 41.1. The third-order valence-corrected chi connectivity index (χ3v) is 8.25. The molecule has 2 N–H and O–H groups in total. The van der Waals surface area contributed by atoms with Gasteiger partial charge in [0.2, 0.25) is 11.9 Å². The normalized spacial score (nSPS) is 18.5. The maximum absolute atomic E-state index is 12.6. The van der Waals surface area contributed by atoms with Crippen molar-refractivity contribution in [2.24, 2.45) is 5.92 Å². The van der Waals surface area contributed by atoms with Crippen LogP contribution in [0.15, 0.2) is 47.9 Å². The Bertz CT molecular complexity index is 1350. The summed E-state index contributed by atoms with van der Waals surface area (Å²) in [6.07, 6.45) is 8.51. The van der Waals surface area contributed by atoms with Gasteiger partial charge in [-0.3, -0.25) is 14.3 Å². The van der Waals surface area contributed by atoms with Crippen LogP contribution in [-0.4, -0.2) is 61.4 Å². The quantitative estimate of drug-likeness (QED) is 0.384. The summed E-state index contributed by atoms with van der Waals surface area (Å²) in [7, 11) is 0. The minimum atomic E-state index is -0.100. The Morgan fingerprint density at radius 2 is 1.77 bits per heavy atom. The maximum atomic E-state index is 12.6. The standard InChI is InChI=1S/C30H41N7O2/c1-5-27(38)36-16-14-35(15-17-36)26(18-20(2)3)23-12-10-22(11-13-23)21(4)32-29-31-19-25-28(34-29)37(30(39)33-25)24-8-6-7-9-24/h5,10-13,19-21,24,26H,1,6-9,14-18H2,2-4H3,(H,33,39)(H,31,32,34)/t21-,26?/m0/s1. The van der Waals surface area contributed by atoms with Gasteiger partial charge in [-0.15, -0.1) is 0 Å². The summed E-state index contributed by atoms with van der Waals surface area (Å²) in [6, 6.07) is 9.35. The lowest BCUT2D eigenvalue weighted by atomic mass is 9.93. The number of benzene rings is 1. The molecule has 0 spiro atoms. The fourth-order valence-electron chi connectivity index (χ4n) is 6.10. The van der Waals surface area contributed by atoms with Crippen molar-refractivity contribution in [1.82, 2.24) is 29.3 Å². The second-order valence-corrected chi connectivity index (χ2v) is 11.4. The molecule has 9 nitrogen and oxygen atoms in total. The van der Waals surface area contributed by atoms with Gasteiger partial charge in [-0.05, 0) is 49.3 Å². The molecule has 3 aromatic rings. The van der Waals surface area contributed by atoms with Gasteiger partial charge in [-0.2, -0.15) is 4.98 Å². The molecule has 2 fully saturated rings. The predicted molar refractivity (Wildman–Crippen MR) is 155 cm³/mol. The van der Waals surface area contributed by atoms with Crippen molar-refractivity contribution >= 4 is 23.0 Å². The summed E-state index contributed by atoms with van der Waals surface area (Å²) in [5.41, 5.74) is 3.71. The molecule has 1 saturated carbocycles. The van der Waals surface area contributed by atoms with E-state index in [4.69, 9.17) is 4.98 Å². The monoisotopic (exact) mass is 531 g/mol. The molecule has 2 atom stereocenters. The van der Waals surface area contributed by atoms with Crippen LogP contribution in [0.25, 0.3) is 11.2 Å². The molecule has 2 aliphatic rings. The fourth-order valence-corrected chi connectivity index (χ4v) is 6.10. The average Bonchev–Trinajstić information content (AvgIpc) is 3.58. The number of aromatic amines is 1. The molecule has 1 unspecified atom stereocenters. The molecule has 2 aromatic heterocycles. The first-order valence-electron chi connectivity index (χ1n) is 14.3. The molecular weight excluding hydrogens is 490 g/mol. The smallest absolute Gasteiger partial charge is 0.327 e. The molecule has 1 saturated heterocycles. The number of nitrogens with zero attached hydrogens (tertiary/aromatic N) is 5. The largest absolute Gasteiger partial charge is 0.348 e. The molecule has 208 valence electrons.